The van der Waals surface area contributed by atoms with Crippen molar-refractivity contribution in [2.24, 2.45) is 0 Å². The number of aryl methyl sites for hydroxylation is 2. The fourth-order valence-electron chi connectivity index (χ4n) is 4.46. The molecule has 2 heterocycles. The van der Waals surface area contributed by atoms with Crippen LogP contribution in [0.2, 0.25) is 0 Å². The van der Waals surface area contributed by atoms with Crippen LogP contribution in [-0.4, -0.2) is 49.3 Å². The molecule has 1 amide bonds. The van der Waals surface area contributed by atoms with Crippen LogP contribution in [0.3, 0.4) is 0 Å². The van der Waals surface area contributed by atoms with Crippen LogP contribution >= 0.6 is 0 Å². The summed E-state index contributed by atoms with van der Waals surface area (Å²) in [6, 6.07) is 11.1. The van der Waals surface area contributed by atoms with Crippen LogP contribution in [0, 0.1) is 13.8 Å². The van der Waals surface area contributed by atoms with Crippen LogP contribution < -0.4 is 15.0 Å². The highest BCUT2D eigenvalue weighted by atomic mass is 16.5. The Bertz CT molecular complexity index is 1230. The normalized spacial score (nSPS) is 15.6. The number of H-pyrrole nitrogens is 1. The lowest BCUT2D eigenvalue weighted by atomic mass is 10.0. The van der Waals surface area contributed by atoms with Crippen molar-refractivity contribution in [1.82, 2.24) is 9.88 Å². The van der Waals surface area contributed by atoms with E-state index in [0.29, 0.717) is 35.8 Å². The van der Waals surface area contributed by atoms with E-state index in [4.69, 9.17) is 14.2 Å². The molecule has 1 aliphatic heterocycles. The van der Waals surface area contributed by atoms with Gasteiger partial charge in [-0.05, 0) is 68.0 Å². The molecule has 174 valence electrons. The van der Waals surface area contributed by atoms with E-state index in [-0.39, 0.29) is 24.1 Å². The smallest absolute Gasteiger partial charge is 0.254 e. The Morgan fingerprint density at radius 2 is 1.91 bits per heavy atom. The first kappa shape index (κ1) is 22.9. The van der Waals surface area contributed by atoms with Crippen LogP contribution in [-0.2, 0) is 11.3 Å². The number of hydrogen-bond acceptors (Lipinski definition) is 5. The minimum Gasteiger partial charge on any atom is -0.493 e. The highest BCUT2D eigenvalue weighted by Crippen LogP contribution is 2.29. The Kier molecular flexibility index (Phi) is 6.70. The Labute approximate surface area is 193 Å². The number of methoxy groups -OCH3 is 2. The average molecular weight is 451 g/mol. The average Bonchev–Trinajstić information content (AvgIpc) is 3.32. The fraction of sp³-hybridized carbons (Fsp3) is 0.385. The van der Waals surface area contributed by atoms with E-state index in [2.05, 4.69) is 4.98 Å². The summed E-state index contributed by atoms with van der Waals surface area (Å²) in [7, 11) is 3.09. The van der Waals surface area contributed by atoms with Crippen LogP contribution in [0.5, 0.6) is 11.5 Å². The second-order valence-electron chi connectivity index (χ2n) is 8.56. The summed E-state index contributed by atoms with van der Waals surface area (Å²) >= 11 is 0. The quantitative estimate of drug-likeness (QED) is 0.589. The van der Waals surface area contributed by atoms with Gasteiger partial charge in [-0.15, -0.1) is 0 Å². The molecule has 1 aliphatic rings. The van der Waals surface area contributed by atoms with Gasteiger partial charge in [-0.3, -0.25) is 9.59 Å². The zero-order valence-electron chi connectivity index (χ0n) is 19.6. The number of hydrogen-bond donors (Lipinski definition) is 1. The van der Waals surface area contributed by atoms with Gasteiger partial charge < -0.3 is 24.1 Å². The van der Waals surface area contributed by atoms with Crippen molar-refractivity contribution in [3.05, 3.63) is 69.0 Å². The largest absolute Gasteiger partial charge is 0.493 e. The molecule has 1 unspecified atom stereocenters. The molecule has 1 atom stereocenters. The van der Waals surface area contributed by atoms with Crippen molar-refractivity contribution >= 4 is 16.8 Å². The summed E-state index contributed by atoms with van der Waals surface area (Å²) in [5.41, 5.74) is 3.79. The minimum atomic E-state index is -0.189. The van der Waals surface area contributed by atoms with Crippen LogP contribution in [0.15, 0.2) is 41.2 Å². The molecule has 4 rings (SSSR count). The molecule has 0 saturated carbocycles. The van der Waals surface area contributed by atoms with Crippen molar-refractivity contribution in [1.29, 1.82) is 0 Å². The van der Waals surface area contributed by atoms with Crippen molar-refractivity contribution in [2.75, 3.05) is 27.4 Å². The zero-order chi connectivity index (χ0) is 23.5. The van der Waals surface area contributed by atoms with Gasteiger partial charge >= 0.3 is 0 Å². The molecule has 1 N–H and O–H groups in total. The molecule has 0 aliphatic carbocycles. The predicted molar refractivity (Wildman–Crippen MR) is 127 cm³/mol. The molecule has 1 aromatic heterocycles. The Hall–Kier alpha value is -3.32. The van der Waals surface area contributed by atoms with E-state index in [1.807, 2.05) is 32.0 Å². The number of benzene rings is 2. The lowest BCUT2D eigenvalue weighted by Gasteiger charge is -2.26. The van der Waals surface area contributed by atoms with E-state index in [1.54, 1.807) is 30.2 Å². The van der Waals surface area contributed by atoms with Crippen molar-refractivity contribution < 1.29 is 19.0 Å². The summed E-state index contributed by atoms with van der Waals surface area (Å²) in [5, 5.41) is 0.956. The Morgan fingerprint density at radius 1 is 1.12 bits per heavy atom. The van der Waals surface area contributed by atoms with E-state index < -0.39 is 0 Å². The third-order valence-electron chi connectivity index (χ3n) is 6.10. The van der Waals surface area contributed by atoms with Crippen LogP contribution in [0.1, 0.15) is 39.9 Å². The van der Waals surface area contributed by atoms with E-state index in [0.717, 1.165) is 34.9 Å². The number of ether oxygens (including phenoxy) is 3. The van der Waals surface area contributed by atoms with E-state index in [9.17, 15) is 9.59 Å². The van der Waals surface area contributed by atoms with Crippen LogP contribution in [0.25, 0.3) is 10.9 Å². The van der Waals surface area contributed by atoms with Crippen LogP contribution in [0.4, 0.5) is 0 Å². The molecular formula is C26H30N2O5. The summed E-state index contributed by atoms with van der Waals surface area (Å²) in [6.45, 7) is 5.30. The molecule has 0 spiro atoms. The number of nitrogens with zero attached hydrogens (tertiary/aromatic N) is 1. The number of fused-ring (bicyclic) bond motifs is 1. The number of aromatic amines is 1. The minimum absolute atomic E-state index is 0.0434. The molecule has 0 bridgehead atoms. The van der Waals surface area contributed by atoms with Gasteiger partial charge in [0, 0.05) is 24.3 Å². The van der Waals surface area contributed by atoms with Gasteiger partial charge in [0.05, 0.1) is 32.4 Å². The summed E-state index contributed by atoms with van der Waals surface area (Å²) in [4.78, 5) is 31.2. The number of nitrogens with one attached hydrogen (secondary N) is 1. The molecule has 7 heteroatoms. The number of carbonyl (C=O) groups excluding carboxylic acids is 1. The third kappa shape index (κ3) is 4.88. The Morgan fingerprint density at radius 3 is 2.61 bits per heavy atom. The first-order valence-electron chi connectivity index (χ1n) is 11.2. The maximum absolute atomic E-state index is 13.5. The molecule has 7 nitrogen and oxygen atoms in total. The number of carbonyl (C=O) groups is 1. The predicted octanol–water partition coefficient (Wildman–Crippen LogP) is 3.98. The number of aromatic nitrogens is 1. The lowest BCUT2D eigenvalue weighted by molar-refractivity contribution is 0.0506. The summed E-state index contributed by atoms with van der Waals surface area (Å²) < 4.78 is 16.5. The Balaban J connectivity index is 1.70. The fourth-order valence-corrected chi connectivity index (χ4v) is 4.46. The van der Waals surface area contributed by atoms with Crippen molar-refractivity contribution in [2.45, 2.75) is 39.3 Å². The second kappa shape index (κ2) is 9.67. The highest BCUT2D eigenvalue weighted by molar-refractivity contribution is 5.95. The SMILES string of the molecule is COc1ccc(C(=O)N(Cc2cc3cc(C)cc(C)c3[nH]c2=O)CC2CCCO2)cc1OC. The lowest BCUT2D eigenvalue weighted by Crippen LogP contribution is -2.38. The number of amides is 1. The standard InChI is InChI=1S/C26H30N2O5/c1-16-10-17(2)24-19(11-16)12-20(25(29)27-24)14-28(15-21-6-5-9-33-21)26(30)18-7-8-22(31-3)23(13-18)32-4/h7-8,10-13,21H,5-6,9,14-15H2,1-4H3,(H,27,29). The van der Waals surface area contributed by atoms with Gasteiger partial charge in [-0.25, -0.2) is 0 Å². The van der Waals surface area contributed by atoms with Gasteiger partial charge in [0.2, 0.25) is 0 Å². The van der Waals surface area contributed by atoms with Gasteiger partial charge in [0.15, 0.2) is 11.5 Å². The molecule has 1 saturated heterocycles. The summed E-state index contributed by atoms with van der Waals surface area (Å²) in [6.07, 6.45) is 1.82. The molecule has 0 radical (unpaired) electrons. The van der Waals surface area contributed by atoms with Gasteiger partial charge in [-0.1, -0.05) is 11.6 Å². The third-order valence-corrected chi connectivity index (χ3v) is 6.10. The number of pyridine rings is 1. The van der Waals surface area contributed by atoms with Gasteiger partial charge in [0.1, 0.15) is 0 Å². The van der Waals surface area contributed by atoms with Crippen molar-refractivity contribution in [3.8, 4) is 11.5 Å². The summed E-state index contributed by atoms with van der Waals surface area (Å²) in [5.74, 6) is 0.845. The van der Waals surface area contributed by atoms with Gasteiger partial charge in [-0.2, -0.15) is 0 Å². The van der Waals surface area contributed by atoms with E-state index >= 15 is 0 Å². The maximum atomic E-state index is 13.5. The molecule has 3 aromatic rings. The monoisotopic (exact) mass is 450 g/mol. The first-order chi connectivity index (χ1) is 15.9. The second-order valence-corrected chi connectivity index (χ2v) is 8.56. The van der Waals surface area contributed by atoms with E-state index in [1.165, 1.54) is 7.11 Å². The molecular weight excluding hydrogens is 420 g/mol. The van der Waals surface area contributed by atoms with Gasteiger partial charge in [0.25, 0.3) is 11.5 Å². The molecule has 2 aromatic carbocycles. The molecule has 1 fully saturated rings. The first-order valence-corrected chi connectivity index (χ1v) is 11.2. The highest BCUT2D eigenvalue weighted by Gasteiger charge is 2.25. The number of rotatable bonds is 7. The maximum Gasteiger partial charge on any atom is 0.254 e. The molecule has 33 heavy (non-hydrogen) atoms. The van der Waals surface area contributed by atoms with Crippen molar-refractivity contribution in [3.63, 3.8) is 0 Å². The topological polar surface area (TPSA) is 80.9 Å². The zero-order valence-corrected chi connectivity index (χ0v) is 19.6.